The minimum Gasteiger partial charge on any atom is -0.339 e. The van der Waals surface area contributed by atoms with Gasteiger partial charge in [0.2, 0.25) is 11.8 Å². The number of carbonyl (C=O) groups is 2. The third-order valence-electron chi connectivity index (χ3n) is 5.19. The SMILES string of the molecule is CCN(Cc1ccccc1)C(=O)CCN(C(C)=O)C1CCCCCC1. The van der Waals surface area contributed by atoms with Gasteiger partial charge in [0.05, 0.1) is 0 Å². The van der Waals surface area contributed by atoms with Crippen LogP contribution in [0.25, 0.3) is 0 Å². The van der Waals surface area contributed by atoms with Crippen molar-refractivity contribution < 1.29 is 9.59 Å². The van der Waals surface area contributed by atoms with Crippen LogP contribution in [0.2, 0.25) is 0 Å². The molecule has 0 aliphatic heterocycles. The van der Waals surface area contributed by atoms with Gasteiger partial charge in [-0.25, -0.2) is 0 Å². The zero-order valence-corrected chi connectivity index (χ0v) is 15.7. The summed E-state index contributed by atoms with van der Waals surface area (Å²) in [4.78, 5) is 28.6. The van der Waals surface area contributed by atoms with Crippen LogP contribution in [0.4, 0.5) is 0 Å². The second-order valence-electron chi connectivity index (χ2n) is 7.00. The quantitative estimate of drug-likeness (QED) is 0.702. The van der Waals surface area contributed by atoms with Crippen LogP contribution >= 0.6 is 0 Å². The molecule has 1 aromatic carbocycles. The summed E-state index contributed by atoms with van der Waals surface area (Å²) in [5.41, 5.74) is 1.14. The molecule has 138 valence electrons. The Morgan fingerprint density at radius 3 is 2.24 bits per heavy atom. The van der Waals surface area contributed by atoms with E-state index in [1.807, 2.05) is 47.1 Å². The van der Waals surface area contributed by atoms with Crippen molar-refractivity contribution in [1.82, 2.24) is 9.80 Å². The van der Waals surface area contributed by atoms with Gasteiger partial charge in [-0.3, -0.25) is 9.59 Å². The number of nitrogens with zero attached hydrogens (tertiary/aromatic N) is 2. The Labute approximate surface area is 152 Å². The summed E-state index contributed by atoms with van der Waals surface area (Å²) in [5.74, 6) is 0.233. The minimum absolute atomic E-state index is 0.103. The fourth-order valence-corrected chi connectivity index (χ4v) is 3.72. The van der Waals surface area contributed by atoms with Gasteiger partial charge in [0.1, 0.15) is 0 Å². The first-order valence-electron chi connectivity index (χ1n) is 9.70. The standard InChI is InChI=1S/C21H32N2O2/c1-3-22(17-19-11-7-6-8-12-19)21(25)15-16-23(18(2)24)20-13-9-4-5-10-14-20/h6-8,11-12,20H,3-5,9-10,13-17H2,1-2H3. The molecule has 0 N–H and O–H groups in total. The second-order valence-corrected chi connectivity index (χ2v) is 7.00. The Morgan fingerprint density at radius 1 is 1.04 bits per heavy atom. The predicted molar refractivity (Wildman–Crippen MR) is 101 cm³/mol. The van der Waals surface area contributed by atoms with E-state index >= 15 is 0 Å². The maximum absolute atomic E-state index is 12.6. The van der Waals surface area contributed by atoms with E-state index in [0.29, 0.717) is 32.1 Å². The van der Waals surface area contributed by atoms with Crippen LogP contribution in [0.15, 0.2) is 30.3 Å². The smallest absolute Gasteiger partial charge is 0.224 e. The predicted octanol–water partition coefficient (Wildman–Crippen LogP) is 4.00. The molecule has 1 aromatic rings. The average Bonchev–Trinajstić information content (AvgIpc) is 2.89. The molecule has 1 aliphatic rings. The van der Waals surface area contributed by atoms with Gasteiger partial charge in [0.25, 0.3) is 0 Å². The van der Waals surface area contributed by atoms with Crippen LogP contribution in [0, 0.1) is 0 Å². The van der Waals surface area contributed by atoms with Crippen molar-refractivity contribution in [3.05, 3.63) is 35.9 Å². The third-order valence-corrected chi connectivity index (χ3v) is 5.19. The van der Waals surface area contributed by atoms with Crippen LogP contribution in [-0.2, 0) is 16.1 Å². The molecule has 2 amide bonds. The van der Waals surface area contributed by atoms with Gasteiger partial charge in [-0.15, -0.1) is 0 Å². The maximum Gasteiger partial charge on any atom is 0.224 e. The van der Waals surface area contributed by atoms with Crippen molar-refractivity contribution in [2.45, 2.75) is 71.4 Å². The lowest BCUT2D eigenvalue weighted by Gasteiger charge is -2.31. The monoisotopic (exact) mass is 344 g/mol. The fourth-order valence-electron chi connectivity index (χ4n) is 3.72. The Kier molecular flexibility index (Phi) is 7.96. The second kappa shape index (κ2) is 10.2. The van der Waals surface area contributed by atoms with Gasteiger partial charge in [0, 0.05) is 39.0 Å². The van der Waals surface area contributed by atoms with Crippen molar-refractivity contribution in [1.29, 1.82) is 0 Å². The van der Waals surface area contributed by atoms with Gasteiger partial charge >= 0.3 is 0 Å². The zero-order chi connectivity index (χ0) is 18.1. The summed E-state index contributed by atoms with van der Waals surface area (Å²) >= 11 is 0. The molecule has 4 nitrogen and oxygen atoms in total. The normalized spacial score (nSPS) is 15.4. The molecule has 0 unspecified atom stereocenters. The van der Waals surface area contributed by atoms with E-state index in [-0.39, 0.29) is 11.8 Å². The first-order chi connectivity index (χ1) is 12.1. The highest BCUT2D eigenvalue weighted by molar-refractivity contribution is 5.78. The number of amides is 2. The summed E-state index contributed by atoms with van der Waals surface area (Å²) in [6.07, 6.45) is 7.49. The third kappa shape index (κ3) is 6.18. The molecule has 0 spiro atoms. The van der Waals surface area contributed by atoms with E-state index < -0.39 is 0 Å². The number of carbonyl (C=O) groups excluding carboxylic acids is 2. The lowest BCUT2D eigenvalue weighted by molar-refractivity contribution is -0.135. The number of rotatable bonds is 7. The molecule has 0 atom stereocenters. The molecule has 1 aliphatic carbocycles. The summed E-state index contributed by atoms with van der Waals surface area (Å²) in [6.45, 7) is 5.52. The van der Waals surface area contributed by atoms with Crippen molar-refractivity contribution >= 4 is 11.8 Å². The molecule has 2 rings (SSSR count). The van der Waals surface area contributed by atoms with E-state index in [1.165, 1.54) is 25.7 Å². The van der Waals surface area contributed by atoms with E-state index in [4.69, 9.17) is 0 Å². The number of hydrogen-bond acceptors (Lipinski definition) is 2. The highest BCUT2D eigenvalue weighted by Gasteiger charge is 2.23. The topological polar surface area (TPSA) is 40.6 Å². The van der Waals surface area contributed by atoms with Crippen molar-refractivity contribution in [2.75, 3.05) is 13.1 Å². The number of benzene rings is 1. The Hall–Kier alpha value is -1.84. The molecule has 0 saturated heterocycles. The Morgan fingerprint density at radius 2 is 1.68 bits per heavy atom. The van der Waals surface area contributed by atoms with E-state index in [0.717, 1.165) is 18.4 Å². The molecule has 4 heteroatoms. The minimum atomic E-state index is 0.103. The molecule has 1 fully saturated rings. The largest absolute Gasteiger partial charge is 0.339 e. The summed E-state index contributed by atoms with van der Waals surface area (Å²) in [6, 6.07) is 10.4. The van der Waals surface area contributed by atoms with E-state index in [9.17, 15) is 9.59 Å². The molecule has 0 aromatic heterocycles. The molecule has 0 radical (unpaired) electrons. The van der Waals surface area contributed by atoms with Crippen LogP contribution in [0.3, 0.4) is 0 Å². The first-order valence-corrected chi connectivity index (χ1v) is 9.70. The highest BCUT2D eigenvalue weighted by Crippen LogP contribution is 2.22. The van der Waals surface area contributed by atoms with Crippen LogP contribution in [-0.4, -0.2) is 40.7 Å². The molecular weight excluding hydrogens is 312 g/mol. The molecular formula is C21H32N2O2. The molecule has 25 heavy (non-hydrogen) atoms. The Bertz CT molecular complexity index is 536. The van der Waals surface area contributed by atoms with Gasteiger partial charge in [0.15, 0.2) is 0 Å². The van der Waals surface area contributed by atoms with Gasteiger partial charge in [-0.05, 0) is 25.3 Å². The van der Waals surface area contributed by atoms with Crippen molar-refractivity contribution in [3.8, 4) is 0 Å². The lowest BCUT2D eigenvalue weighted by Crippen LogP contribution is -2.41. The van der Waals surface area contributed by atoms with Crippen molar-refractivity contribution in [3.63, 3.8) is 0 Å². The van der Waals surface area contributed by atoms with E-state index in [2.05, 4.69) is 0 Å². The summed E-state index contributed by atoms with van der Waals surface area (Å²) in [7, 11) is 0. The summed E-state index contributed by atoms with van der Waals surface area (Å²) < 4.78 is 0. The maximum atomic E-state index is 12.6. The van der Waals surface area contributed by atoms with Crippen LogP contribution < -0.4 is 0 Å². The zero-order valence-electron chi connectivity index (χ0n) is 15.7. The lowest BCUT2D eigenvalue weighted by atomic mass is 10.1. The molecule has 1 saturated carbocycles. The fraction of sp³-hybridized carbons (Fsp3) is 0.619. The first kappa shape index (κ1) is 19.5. The molecule has 0 bridgehead atoms. The van der Waals surface area contributed by atoms with Gasteiger partial charge in [-0.2, -0.15) is 0 Å². The summed E-state index contributed by atoms with van der Waals surface area (Å²) in [5, 5.41) is 0. The number of hydrogen-bond donors (Lipinski definition) is 0. The average molecular weight is 344 g/mol. The highest BCUT2D eigenvalue weighted by atomic mass is 16.2. The van der Waals surface area contributed by atoms with E-state index in [1.54, 1.807) is 6.92 Å². The van der Waals surface area contributed by atoms with Crippen LogP contribution in [0.1, 0.15) is 64.4 Å². The van der Waals surface area contributed by atoms with Gasteiger partial charge in [-0.1, -0.05) is 56.0 Å². The van der Waals surface area contributed by atoms with Gasteiger partial charge < -0.3 is 9.80 Å². The Balaban J connectivity index is 1.91. The van der Waals surface area contributed by atoms with Crippen LogP contribution in [0.5, 0.6) is 0 Å². The molecule has 0 heterocycles. The van der Waals surface area contributed by atoms with Crippen molar-refractivity contribution in [2.24, 2.45) is 0 Å².